The Morgan fingerprint density at radius 1 is 0.880 bits per heavy atom. The molecule has 0 unspecified atom stereocenters. The summed E-state index contributed by atoms with van der Waals surface area (Å²) in [6.07, 6.45) is 3.20. The fraction of sp³-hybridized carbons (Fsp3) is 0.100. The fourth-order valence-electron chi connectivity index (χ4n) is 2.39. The van der Waals surface area contributed by atoms with E-state index in [1.165, 1.54) is 0 Å². The molecule has 0 atom stereocenters. The van der Waals surface area contributed by atoms with E-state index in [4.69, 9.17) is 4.42 Å². The van der Waals surface area contributed by atoms with Gasteiger partial charge in [0.05, 0.1) is 19.1 Å². The van der Waals surface area contributed by atoms with Gasteiger partial charge in [-0.3, -0.25) is 9.59 Å². The van der Waals surface area contributed by atoms with E-state index in [0.717, 1.165) is 16.7 Å². The first-order chi connectivity index (χ1) is 12.2. The Morgan fingerprint density at radius 2 is 1.72 bits per heavy atom. The van der Waals surface area contributed by atoms with Crippen LogP contribution < -0.4 is 10.6 Å². The van der Waals surface area contributed by atoms with E-state index in [-0.39, 0.29) is 18.4 Å². The molecule has 0 radical (unpaired) electrons. The monoisotopic (exact) mass is 334 g/mol. The molecular weight excluding hydrogens is 316 g/mol. The lowest BCUT2D eigenvalue weighted by Crippen LogP contribution is -2.36. The molecule has 126 valence electrons. The first kappa shape index (κ1) is 16.5. The fourth-order valence-corrected chi connectivity index (χ4v) is 2.39. The lowest BCUT2D eigenvalue weighted by atomic mass is 10.1. The second kappa shape index (κ2) is 7.97. The standard InChI is InChI=1S/C20H18N2O3/c23-19(21-12-15-5-2-1-3-6-15)13-22-20(24)17-8-4-7-16(11-17)18-9-10-25-14-18/h1-11,14H,12-13H2,(H,21,23)(H,22,24). The van der Waals surface area contributed by atoms with Crippen LogP contribution >= 0.6 is 0 Å². The van der Waals surface area contributed by atoms with Crippen molar-refractivity contribution in [3.8, 4) is 11.1 Å². The number of rotatable bonds is 6. The van der Waals surface area contributed by atoms with E-state index in [0.29, 0.717) is 12.1 Å². The van der Waals surface area contributed by atoms with Gasteiger partial charge in [0.2, 0.25) is 5.91 Å². The van der Waals surface area contributed by atoms with Gasteiger partial charge in [0.15, 0.2) is 0 Å². The van der Waals surface area contributed by atoms with Gasteiger partial charge in [-0.25, -0.2) is 0 Å². The van der Waals surface area contributed by atoms with Gasteiger partial charge >= 0.3 is 0 Å². The minimum absolute atomic E-state index is 0.0679. The molecule has 3 rings (SSSR count). The van der Waals surface area contributed by atoms with Crippen LogP contribution in [0.3, 0.4) is 0 Å². The summed E-state index contributed by atoms with van der Waals surface area (Å²) in [5.74, 6) is -0.525. The van der Waals surface area contributed by atoms with Crippen LogP contribution in [0, 0.1) is 0 Å². The van der Waals surface area contributed by atoms with Crippen LogP contribution in [0.5, 0.6) is 0 Å². The van der Waals surface area contributed by atoms with Crippen LogP contribution in [0.4, 0.5) is 0 Å². The average molecular weight is 334 g/mol. The number of hydrogen-bond acceptors (Lipinski definition) is 3. The molecule has 25 heavy (non-hydrogen) atoms. The molecule has 0 saturated carbocycles. The summed E-state index contributed by atoms with van der Waals surface area (Å²) in [5, 5.41) is 5.41. The minimum atomic E-state index is -0.291. The third-order valence-corrected chi connectivity index (χ3v) is 3.72. The molecule has 2 N–H and O–H groups in total. The lowest BCUT2D eigenvalue weighted by Gasteiger charge is -2.08. The zero-order valence-electron chi connectivity index (χ0n) is 13.6. The van der Waals surface area contributed by atoms with Crippen molar-refractivity contribution in [1.82, 2.24) is 10.6 Å². The third kappa shape index (κ3) is 4.57. The smallest absolute Gasteiger partial charge is 0.251 e. The molecular formula is C20H18N2O3. The maximum Gasteiger partial charge on any atom is 0.251 e. The third-order valence-electron chi connectivity index (χ3n) is 3.72. The van der Waals surface area contributed by atoms with Crippen LogP contribution in [-0.2, 0) is 11.3 Å². The molecule has 0 saturated heterocycles. The van der Waals surface area contributed by atoms with E-state index in [2.05, 4.69) is 10.6 Å². The molecule has 5 nitrogen and oxygen atoms in total. The summed E-state index contributed by atoms with van der Waals surface area (Å²) in [4.78, 5) is 24.1. The Hall–Kier alpha value is -3.34. The zero-order chi connectivity index (χ0) is 17.5. The SMILES string of the molecule is O=C(CNC(=O)c1cccc(-c2ccoc2)c1)NCc1ccccc1. The molecule has 0 bridgehead atoms. The Bertz CT molecular complexity index is 842. The Kier molecular flexibility index (Phi) is 5.26. The number of furan rings is 1. The minimum Gasteiger partial charge on any atom is -0.472 e. The molecule has 1 aromatic heterocycles. The molecule has 2 amide bonds. The zero-order valence-corrected chi connectivity index (χ0v) is 13.6. The second-order valence-electron chi connectivity index (χ2n) is 5.54. The van der Waals surface area contributed by atoms with Crippen LogP contribution in [0.2, 0.25) is 0 Å². The number of amides is 2. The number of benzene rings is 2. The average Bonchev–Trinajstić information content (AvgIpc) is 3.20. The highest BCUT2D eigenvalue weighted by Crippen LogP contribution is 2.20. The van der Waals surface area contributed by atoms with Crippen molar-refractivity contribution in [2.45, 2.75) is 6.54 Å². The van der Waals surface area contributed by atoms with Crippen molar-refractivity contribution in [2.24, 2.45) is 0 Å². The topological polar surface area (TPSA) is 71.3 Å². The Labute approximate surface area is 145 Å². The molecule has 3 aromatic rings. The molecule has 2 aromatic carbocycles. The van der Waals surface area contributed by atoms with Gasteiger partial charge in [0.25, 0.3) is 5.91 Å². The number of hydrogen-bond donors (Lipinski definition) is 2. The largest absolute Gasteiger partial charge is 0.472 e. The number of carbonyl (C=O) groups is 2. The van der Waals surface area contributed by atoms with Crippen LogP contribution in [0.25, 0.3) is 11.1 Å². The van der Waals surface area contributed by atoms with E-state index in [9.17, 15) is 9.59 Å². The highest BCUT2D eigenvalue weighted by Gasteiger charge is 2.09. The molecule has 0 aliphatic heterocycles. The molecule has 0 fully saturated rings. The van der Waals surface area contributed by atoms with Gasteiger partial charge < -0.3 is 15.1 Å². The van der Waals surface area contributed by atoms with Gasteiger partial charge in [-0.05, 0) is 29.3 Å². The van der Waals surface area contributed by atoms with E-state index in [1.807, 2.05) is 42.5 Å². The predicted octanol–water partition coefficient (Wildman–Crippen LogP) is 2.99. The summed E-state index contributed by atoms with van der Waals surface area (Å²) in [5.41, 5.74) is 3.29. The first-order valence-corrected chi connectivity index (χ1v) is 7.94. The van der Waals surface area contributed by atoms with E-state index in [1.54, 1.807) is 30.7 Å². The molecule has 1 heterocycles. The van der Waals surface area contributed by atoms with Crippen LogP contribution in [0.1, 0.15) is 15.9 Å². The lowest BCUT2D eigenvalue weighted by molar-refractivity contribution is -0.120. The van der Waals surface area contributed by atoms with Crippen molar-refractivity contribution in [3.63, 3.8) is 0 Å². The summed E-state index contributed by atoms with van der Waals surface area (Å²) in [6.45, 7) is 0.368. The predicted molar refractivity (Wildman–Crippen MR) is 94.8 cm³/mol. The normalized spacial score (nSPS) is 10.2. The van der Waals surface area contributed by atoms with Crippen LogP contribution in [-0.4, -0.2) is 18.4 Å². The van der Waals surface area contributed by atoms with Gasteiger partial charge in [0, 0.05) is 17.7 Å². The summed E-state index contributed by atoms with van der Waals surface area (Å²) >= 11 is 0. The highest BCUT2D eigenvalue weighted by molar-refractivity contribution is 5.97. The van der Waals surface area contributed by atoms with Crippen molar-refractivity contribution in [1.29, 1.82) is 0 Å². The quantitative estimate of drug-likeness (QED) is 0.728. The van der Waals surface area contributed by atoms with Gasteiger partial charge in [-0.15, -0.1) is 0 Å². The maximum atomic E-state index is 12.2. The van der Waals surface area contributed by atoms with Gasteiger partial charge in [-0.1, -0.05) is 42.5 Å². The molecule has 0 spiro atoms. The van der Waals surface area contributed by atoms with E-state index < -0.39 is 0 Å². The van der Waals surface area contributed by atoms with Gasteiger partial charge in [-0.2, -0.15) is 0 Å². The maximum absolute atomic E-state index is 12.2. The van der Waals surface area contributed by atoms with Crippen molar-refractivity contribution in [2.75, 3.05) is 6.54 Å². The summed E-state index contributed by atoms with van der Waals surface area (Å²) < 4.78 is 5.06. The highest BCUT2D eigenvalue weighted by atomic mass is 16.3. The van der Waals surface area contributed by atoms with Crippen molar-refractivity contribution in [3.05, 3.63) is 84.3 Å². The molecule has 0 aliphatic rings. The van der Waals surface area contributed by atoms with Gasteiger partial charge in [0.1, 0.15) is 0 Å². The summed E-state index contributed by atoms with van der Waals surface area (Å²) in [7, 11) is 0. The van der Waals surface area contributed by atoms with Crippen molar-refractivity contribution >= 4 is 11.8 Å². The van der Waals surface area contributed by atoms with Crippen molar-refractivity contribution < 1.29 is 14.0 Å². The van der Waals surface area contributed by atoms with Crippen LogP contribution in [0.15, 0.2) is 77.6 Å². The second-order valence-corrected chi connectivity index (χ2v) is 5.54. The Balaban J connectivity index is 1.52. The number of nitrogens with one attached hydrogen (secondary N) is 2. The first-order valence-electron chi connectivity index (χ1n) is 7.94. The molecule has 5 heteroatoms. The summed E-state index contributed by atoms with van der Waals surface area (Å²) in [6, 6.07) is 18.6. The van der Waals surface area contributed by atoms with E-state index >= 15 is 0 Å². The molecule has 0 aliphatic carbocycles. The number of carbonyl (C=O) groups excluding carboxylic acids is 2. The Morgan fingerprint density at radius 3 is 2.48 bits per heavy atom.